The smallest absolute Gasteiger partial charge is 0.340 e. The second-order valence-corrected chi connectivity index (χ2v) is 10.1. The zero-order valence-corrected chi connectivity index (χ0v) is 17.0. The first-order valence-corrected chi connectivity index (χ1v) is 11.4. The Hall–Kier alpha value is -2.80. The van der Waals surface area contributed by atoms with Crippen LogP contribution in [-0.2, 0) is 23.0 Å². The number of aromatic nitrogens is 1. The van der Waals surface area contributed by atoms with Crippen LogP contribution in [0, 0.1) is 0 Å². The molecule has 2 aliphatic rings. The summed E-state index contributed by atoms with van der Waals surface area (Å²) in [6, 6.07) is 6.43. The summed E-state index contributed by atoms with van der Waals surface area (Å²) in [5, 5.41) is 13.2. The van der Waals surface area contributed by atoms with Crippen LogP contribution in [-0.4, -0.2) is 41.6 Å². The number of fused-ring (bicyclic) bond motifs is 2. The molecule has 30 heavy (non-hydrogen) atoms. The Morgan fingerprint density at radius 2 is 2.00 bits per heavy atom. The predicted molar refractivity (Wildman–Crippen MR) is 108 cm³/mol. The van der Waals surface area contributed by atoms with Crippen LogP contribution in [0.3, 0.4) is 0 Å². The maximum atomic E-state index is 12.9. The Kier molecular flexibility index (Phi) is 4.22. The molecule has 2 aromatic heterocycles. The molecule has 156 valence electrons. The molecular formula is C18H16N4O6S2. The van der Waals surface area contributed by atoms with Gasteiger partial charge in [-0.1, -0.05) is 18.2 Å². The highest BCUT2D eigenvalue weighted by molar-refractivity contribution is 7.89. The van der Waals surface area contributed by atoms with Gasteiger partial charge in [0.25, 0.3) is 0 Å². The largest absolute Gasteiger partial charge is 0.478 e. The van der Waals surface area contributed by atoms with Gasteiger partial charge in [-0.25, -0.2) is 13.2 Å². The van der Waals surface area contributed by atoms with Gasteiger partial charge in [0.05, 0.1) is 16.5 Å². The van der Waals surface area contributed by atoms with Crippen molar-refractivity contribution in [2.75, 3.05) is 18.5 Å². The van der Waals surface area contributed by atoms with Crippen molar-refractivity contribution in [2.24, 2.45) is 0 Å². The quantitative estimate of drug-likeness (QED) is 0.468. The summed E-state index contributed by atoms with van der Waals surface area (Å²) in [6.07, 6.45) is 0.445. The van der Waals surface area contributed by atoms with E-state index in [1.807, 2.05) is 0 Å². The predicted octanol–water partition coefficient (Wildman–Crippen LogP) is 0.110. The SMILES string of the molecule is O=C(O)c1c(Nn2c(=O)c2=O)sc2c1CCNC2CN1Cc2ccccc2S1(=O)=O. The van der Waals surface area contributed by atoms with Gasteiger partial charge in [0.1, 0.15) is 5.00 Å². The zero-order valence-electron chi connectivity index (χ0n) is 15.4. The van der Waals surface area contributed by atoms with Gasteiger partial charge in [0, 0.05) is 18.0 Å². The normalized spacial score (nSPS) is 20.2. The van der Waals surface area contributed by atoms with Gasteiger partial charge < -0.3 is 10.4 Å². The van der Waals surface area contributed by atoms with Crippen LogP contribution >= 0.6 is 11.3 Å². The van der Waals surface area contributed by atoms with Crippen molar-refractivity contribution in [3.63, 3.8) is 0 Å². The maximum absolute atomic E-state index is 12.9. The number of aromatic carboxylic acids is 1. The lowest BCUT2D eigenvalue weighted by molar-refractivity contribution is 0.0697. The molecule has 3 N–H and O–H groups in total. The van der Waals surface area contributed by atoms with Crippen LogP contribution in [0.5, 0.6) is 0 Å². The van der Waals surface area contributed by atoms with Gasteiger partial charge in [0.2, 0.25) is 10.0 Å². The lowest BCUT2D eigenvalue weighted by atomic mass is 9.99. The standard InChI is InChI=1S/C18H16N4O6S2/c23-16-17(24)22(16)20-15-13(18(25)26)10-5-6-19-11(14(10)29-15)8-21-7-9-3-1-2-4-12(9)30(21,27)28/h1-4,11,19-20H,5-8H2,(H,25,26). The van der Waals surface area contributed by atoms with E-state index in [1.54, 1.807) is 24.3 Å². The molecule has 4 heterocycles. The molecule has 0 aliphatic carbocycles. The number of anilines is 1. The second-order valence-electron chi connectivity index (χ2n) is 7.17. The number of benzene rings is 1. The van der Waals surface area contributed by atoms with E-state index in [1.165, 1.54) is 4.31 Å². The van der Waals surface area contributed by atoms with Crippen LogP contribution in [0.4, 0.5) is 5.00 Å². The number of hydrogen-bond acceptors (Lipinski definition) is 8. The van der Waals surface area contributed by atoms with Crippen molar-refractivity contribution in [1.29, 1.82) is 0 Å². The molecule has 0 saturated carbocycles. The summed E-state index contributed by atoms with van der Waals surface area (Å²) in [7, 11) is -3.62. The number of thiophene rings is 1. The summed E-state index contributed by atoms with van der Waals surface area (Å²) < 4.78 is 27.9. The second kappa shape index (κ2) is 6.60. The number of hydrogen-bond donors (Lipinski definition) is 3. The minimum absolute atomic E-state index is 0.0153. The summed E-state index contributed by atoms with van der Waals surface area (Å²) in [4.78, 5) is 35.5. The Morgan fingerprint density at radius 1 is 1.27 bits per heavy atom. The van der Waals surface area contributed by atoms with E-state index < -0.39 is 33.2 Å². The van der Waals surface area contributed by atoms with Gasteiger partial charge in [0.15, 0.2) is 0 Å². The molecule has 5 rings (SSSR count). The number of sulfonamides is 1. The van der Waals surface area contributed by atoms with E-state index in [9.17, 15) is 27.9 Å². The molecule has 10 nitrogen and oxygen atoms in total. The van der Waals surface area contributed by atoms with Crippen LogP contribution < -0.4 is 21.9 Å². The van der Waals surface area contributed by atoms with Crippen molar-refractivity contribution in [2.45, 2.75) is 23.9 Å². The molecule has 0 radical (unpaired) electrons. The molecule has 1 unspecified atom stereocenters. The fraction of sp³-hybridized carbons (Fsp3) is 0.278. The van der Waals surface area contributed by atoms with Crippen LogP contribution in [0.15, 0.2) is 38.8 Å². The topological polar surface area (TPSA) is 138 Å². The summed E-state index contributed by atoms with van der Waals surface area (Å²) in [6.45, 7) is 0.881. The molecule has 2 aliphatic heterocycles. The van der Waals surface area contributed by atoms with E-state index in [2.05, 4.69) is 10.7 Å². The third-order valence-corrected chi connectivity index (χ3v) is 8.57. The van der Waals surface area contributed by atoms with E-state index in [0.29, 0.717) is 28.3 Å². The van der Waals surface area contributed by atoms with Crippen molar-refractivity contribution in [3.05, 3.63) is 66.5 Å². The van der Waals surface area contributed by atoms with E-state index in [-0.39, 0.29) is 23.7 Å². The number of nitrogens with one attached hydrogen (secondary N) is 2. The minimum Gasteiger partial charge on any atom is -0.478 e. The molecule has 1 atom stereocenters. The Balaban J connectivity index is 1.49. The van der Waals surface area contributed by atoms with Gasteiger partial charge >= 0.3 is 17.1 Å². The number of nitrogens with zero attached hydrogens (tertiary/aromatic N) is 2. The van der Waals surface area contributed by atoms with E-state index in [4.69, 9.17) is 0 Å². The van der Waals surface area contributed by atoms with Crippen LogP contribution in [0.1, 0.15) is 32.4 Å². The highest BCUT2D eigenvalue weighted by Crippen LogP contribution is 2.41. The van der Waals surface area contributed by atoms with Gasteiger partial charge in [-0.3, -0.25) is 15.0 Å². The first kappa shape index (κ1) is 19.2. The molecule has 0 amide bonds. The molecule has 0 fully saturated rings. The monoisotopic (exact) mass is 448 g/mol. The van der Waals surface area contributed by atoms with E-state index in [0.717, 1.165) is 21.6 Å². The van der Waals surface area contributed by atoms with Crippen molar-refractivity contribution in [1.82, 2.24) is 14.3 Å². The average Bonchev–Trinajstić information content (AvgIpc) is 3.04. The Labute approximate surface area is 174 Å². The molecular weight excluding hydrogens is 432 g/mol. The molecule has 0 spiro atoms. The molecule has 3 aromatic rings. The van der Waals surface area contributed by atoms with Crippen molar-refractivity contribution < 1.29 is 18.3 Å². The number of carboxylic acids is 1. The highest BCUT2D eigenvalue weighted by Gasteiger charge is 2.38. The fourth-order valence-electron chi connectivity index (χ4n) is 3.93. The molecule has 0 saturated heterocycles. The first-order valence-electron chi connectivity index (χ1n) is 9.14. The fourth-order valence-corrected chi connectivity index (χ4v) is 6.88. The summed E-state index contributed by atoms with van der Waals surface area (Å²) >= 11 is 1.12. The number of carboxylic acid groups (broad SMARTS) is 1. The third kappa shape index (κ3) is 2.83. The van der Waals surface area contributed by atoms with Crippen LogP contribution in [0.2, 0.25) is 0 Å². The first-order chi connectivity index (χ1) is 14.3. The van der Waals surface area contributed by atoms with Gasteiger partial charge in [-0.05, 0) is 30.2 Å². The van der Waals surface area contributed by atoms with Gasteiger partial charge in [-0.2, -0.15) is 8.98 Å². The third-order valence-electron chi connectivity index (χ3n) is 5.41. The Morgan fingerprint density at radius 3 is 2.67 bits per heavy atom. The van der Waals surface area contributed by atoms with E-state index >= 15 is 0 Å². The number of carbonyl (C=O) groups is 1. The summed E-state index contributed by atoms with van der Waals surface area (Å²) in [5.74, 6) is -1.17. The lowest BCUT2D eigenvalue weighted by Gasteiger charge is -2.27. The lowest BCUT2D eigenvalue weighted by Crippen LogP contribution is -2.38. The molecule has 1 aromatic carbocycles. The number of rotatable bonds is 5. The zero-order chi connectivity index (χ0) is 21.2. The van der Waals surface area contributed by atoms with Crippen molar-refractivity contribution in [3.8, 4) is 0 Å². The van der Waals surface area contributed by atoms with Crippen molar-refractivity contribution >= 4 is 32.3 Å². The van der Waals surface area contributed by atoms with Crippen LogP contribution in [0.25, 0.3) is 0 Å². The minimum atomic E-state index is -3.62. The maximum Gasteiger partial charge on any atom is 0.340 e. The summed E-state index contributed by atoms with van der Waals surface area (Å²) in [5.41, 5.74) is 2.46. The highest BCUT2D eigenvalue weighted by atomic mass is 32.2. The molecule has 12 heteroatoms. The van der Waals surface area contributed by atoms with Gasteiger partial charge in [-0.15, -0.1) is 11.3 Å². The average molecular weight is 448 g/mol. The molecule has 0 bridgehead atoms. The Bertz CT molecular complexity index is 1340.